The van der Waals surface area contributed by atoms with Gasteiger partial charge in [-0.3, -0.25) is 4.79 Å². The monoisotopic (exact) mass is 253 g/mol. The van der Waals surface area contributed by atoms with Crippen LogP contribution in [0.15, 0.2) is 30.3 Å². The summed E-state index contributed by atoms with van der Waals surface area (Å²) >= 11 is 1.56. The molecule has 4 heteroatoms. The van der Waals surface area contributed by atoms with Crippen molar-refractivity contribution in [2.24, 2.45) is 0 Å². The van der Waals surface area contributed by atoms with Crippen molar-refractivity contribution in [1.29, 1.82) is 0 Å². The lowest BCUT2D eigenvalue weighted by atomic mass is 10.1. The van der Waals surface area contributed by atoms with Crippen LogP contribution in [0.2, 0.25) is 0 Å². The van der Waals surface area contributed by atoms with Gasteiger partial charge < -0.3 is 10.4 Å². The van der Waals surface area contributed by atoms with E-state index in [2.05, 4.69) is 5.32 Å². The predicted octanol–water partition coefficient (Wildman–Crippen LogP) is 1.46. The first-order valence-corrected chi connectivity index (χ1v) is 6.93. The molecule has 0 aromatic heterocycles. The zero-order valence-corrected chi connectivity index (χ0v) is 11.0. The number of carbonyl (C=O) groups excluding carboxylic acids is 1. The van der Waals surface area contributed by atoms with Gasteiger partial charge in [0, 0.05) is 11.3 Å². The van der Waals surface area contributed by atoms with Gasteiger partial charge in [0.2, 0.25) is 5.91 Å². The molecule has 1 aromatic carbocycles. The summed E-state index contributed by atoms with van der Waals surface area (Å²) < 4.78 is 0. The number of aliphatic hydroxyl groups is 1. The highest BCUT2D eigenvalue weighted by Crippen LogP contribution is 2.10. The Balaban J connectivity index is 2.44. The van der Waals surface area contributed by atoms with Crippen molar-refractivity contribution in [3.05, 3.63) is 35.9 Å². The molecule has 2 N–H and O–H groups in total. The van der Waals surface area contributed by atoms with Crippen LogP contribution in [0.25, 0.3) is 0 Å². The van der Waals surface area contributed by atoms with E-state index >= 15 is 0 Å². The molecule has 0 fully saturated rings. The van der Waals surface area contributed by atoms with Gasteiger partial charge in [0.1, 0.15) is 0 Å². The number of benzene rings is 1. The van der Waals surface area contributed by atoms with Gasteiger partial charge >= 0.3 is 0 Å². The molecule has 0 bridgehead atoms. The Labute approximate surface area is 107 Å². The van der Waals surface area contributed by atoms with Gasteiger partial charge in [-0.25, -0.2) is 0 Å². The first kappa shape index (κ1) is 14.1. The van der Waals surface area contributed by atoms with E-state index in [1.165, 1.54) is 0 Å². The van der Waals surface area contributed by atoms with E-state index in [1.807, 2.05) is 43.5 Å². The Morgan fingerprint density at radius 3 is 2.59 bits per heavy atom. The molecule has 94 valence electrons. The fourth-order valence-electron chi connectivity index (χ4n) is 1.62. The normalized spacial score (nSPS) is 14.1. The summed E-state index contributed by atoms with van der Waals surface area (Å²) in [6.07, 6.45) is 2.32. The molecule has 0 saturated carbocycles. The highest BCUT2D eigenvalue weighted by Gasteiger charge is 2.17. The number of aliphatic hydroxyl groups excluding tert-OH is 1. The lowest BCUT2D eigenvalue weighted by Crippen LogP contribution is -2.41. The number of thioether (sulfide) groups is 1. The van der Waals surface area contributed by atoms with Crippen LogP contribution in [-0.4, -0.2) is 35.2 Å². The van der Waals surface area contributed by atoms with E-state index in [0.717, 1.165) is 5.56 Å². The van der Waals surface area contributed by atoms with Crippen molar-refractivity contribution >= 4 is 17.7 Å². The molecule has 3 nitrogen and oxygen atoms in total. The van der Waals surface area contributed by atoms with E-state index in [9.17, 15) is 4.79 Å². The van der Waals surface area contributed by atoms with Gasteiger partial charge in [0.15, 0.2) is 0 Å². The number of hydrogen-bond acceptors (Lipinski definition) is 3. The zero-order valence-electron chi connectivity index (χ0n) is 10.2. The number of carbonyl (C=O) groups is 1. The predicted molar refractivity (Wildman–Crippen MR) is 72.1 cm³/mol. The van der Waals surface area contributed by atoms with Crippen molar-refractivity contribution in [2.45, 2.75) is 24.6 Å². The highest BCUT2D eigenvalue weighted by atomic mass is 32.2. The van der Waals surface area contributed by atoms with E-state index in [1.54, 1.807) is 11.8 Å². The van der Waals surface area contributed by atoms with Crippen LogP contribution in [0.1, 0.15) is 12.5 Å². The molecule has 0 spiro atoms. The summed E-state index contributed by atoms with van der Waals surface area (Å²) in [6.45, 7) is 1.99. The molecular weight excluding hydrogens is 234 g/mol. The fourth-order valence-corrected chi connectivity index (χ4v) is 2.24. The van der Waals surface area contributed by atoms with Gasteiger partial charge in [-0.2, -0.15) is 11.8 Å². The van der Waals surface area contributed by atoms with E-state index in [0.29, 0.717) is 6.42 Å². The summed E-state index contributed by atoms with van der Waals surface area (Å²) in [7, 11) is 0. The molecule has 0 aliphatic heterocycles. The maximum Gasteiger partial charge on any atom is 0.224 e. The maximum atomic E-state index is 11.8. The summed E-state index contributed by atoms with van der Waals surface area (Å²) in [5.74, 6) is -0.00352. The molecule has 1 rings (SSSR count). The van der Waals surface area contributed by atoms with Gasteiger partial charge in [-0.1, -0.05) is 30.3 Å². The second kappa shape index (κ2) is 7.35. The number of hydrogen-bond donors (Lipinski definition) is 2. The summed E-state index contributed by atoms with van der Waals surface area (Å²) in [4.78, 5) is 11.8. The Bertz CT molecular complexity index is 339. The molecule has 0 aliphatic carbocycles. The molecule has 2 atom stereocenters. The van der Waals surface area contributed by atoms with Gasteiger partial charge in [-0.15, -0.1) is 0 Å². The summed E-state index contributed by atoms with van der Waals surface area (Å²) in [6, 6.07) is 9.62. The Kier molecular flexibility index (Phi) is 6.08. The molecule has 2 unspecified atom stereocenters. The Hall–Kier alpha value is -1.00. The van der Waals surface area contributed by atoms with Crippen LogP contribution in [0.4, 0.5) is 0 Å². The van der Waals surface area contributed by atoms with E-state index < -0.39 is 0 Å². The van der Waals surface area contributed by atoms with Crippen molar-refractivity contribution in [3.63, 3.8) is 0 Å². The average molecular weight is 253 g/mol. The van der Waals surface area contributed by atoms with Crippen LogP contribution >= 0.6 is 11.8 Å². The third-order valence-electron chi connectivity index (χ3n) is 2.64. The van der Waals surface area contributed by atoms with Gasteiger partial charge in [-0.05, 0) is 18.7 Å². The van der Waals surface area contributed by atoms with Crippen molar-refractivity contribution in [3.8, 4) is 0 Å². The molecule has 1 aromatic rings. The lowest BCUT2D eigenvalue weighted by Gasteiger charge is -2.21. The van der Waals surface area contributed by atoms with E-state index in [4.69, 9.17) is 5.11 Å². The molecule has 0 heterocycles. The van der Waals surface area contributed by atoms with Crippen molar-refractivity contribution in [1.82, 2.24) is 5.32 Å². The molecule has 0 aliphatic rings. The Morgan fingerprint density at radius 2 is 2.06 bits per heavy atom. The maximum absolute atomic E-state index is 11.8. The first-order valence-electron chi connectivity index (χ1n) is 5.64. The Morgan fingerprint density at radius 1 is 1.41 bits per heavy atom. The second-order valence-corrected chi connectivity index (χ2v) is 5.05. The quantitative estimate of drug-likeness (QED) is 0.807. The largest absolute Gasteiger partial charge is 0.395 e. The van der Waals surface area contributed by atoms with Crippen LogP contribution in [0.5, 0.6) is 0 Å². The fraction of sp³-hybridized carbons (Fsp3) is 0.462. The van der Waals surface area contributed by atoms with Gasteiger partial charge in [0.05, 0.1) is 13.0 Å². The molecular formula is C13H19NO2S. The third-order valence-corrected chi connectivity index (χ3v) is 3.80. The topological polar surface area (TPSA) is 49.3 Å². The van der Waals surface area contributed by atoms with Gasteiger partial charge in [0.25, 0.3) is 0 Å². The lowest BCUT2D eigenvalue weighted by molar-refractivity contribution is -0.121. The second-order valence-electron chi connectivity index (χ2n) is 3.98. The molecule has 0 saturated heterocycles. The molecule has 0 radical (unpaired) electrons. The first-order chi connectivity index (χ1) is 8.17. The smallest absolute Gasteiger partial charge is 0.224 e. The summed E-state index contributed by atoms with van der Waals surface area (Å²) in [5.41, 5.74) is 1.00. The SMILES string of the molecule is CSC(CO)C(C)NC(=O)Cc1ccccc1. The zero-order chi connectivity index (χ0) is 12.7. The van der Waals surface area contributed by atoms with Crippen LogP contribution < -0.4 is 5.32 Å². The van der Waals surface area contributed by atoms with Crippen LogP contribution in [0.3, 0.4) is 0 Å². The minimum absolute atomic E-state index is 0.00352. The van der Waals surface area contributed by atoms with Crippen molar-refractivity contribution in [2.75, 3.05) is 12.9 Å². The molecule has 1 amide bonds. The molecule has 17 heavy (non-hydrogen) atoms. The summed E-state index contributed by atoms with van der Waals surface area (Å²) in [5, 5.41) is 12.1. The van der Waals surface area contributed by atoms with Crippen LogP contribution in [-0.2, 0) is 11.2 Å². The minimum atomic E-state index is -0.0220. The number of rotatable bonds is 6. The minimum Gasteiger partial charge on any atom is -0.395 e. The van der Waals surface area contributed by atoms with Crippen LogP contribution in [0, 0.1) is 0 Å². The van der Waals surface area contributed by atoms with E-state index in [-0.39, 0.29) is 23.8 Å². The average Bonchev–Trinajstić information content (AvgIpc) is 2.31. The number of amides is 1. The standard InChI is InChI=1S/C13H19NO2S/c1-10(12(9-15)17-2)14-13(16)8-11-6-4-3-5-7-11/h3-7,10,12,15H,8-9H2,1-2H3,(H,14,16). The highest BCUT2D eigenvalue weighted by molar-refractivity contribution is 7.99. The third kappa shape index (κ3) is 4.79. The number of nitrogens with one attached hydrogen (secondary N) is 1. The van der Waals surface area contributed by atoms with Crippen molar-refractivity contribution < 1.29 is 9.90 Å².